The molecular formula is C28H26F3N3O. The van der Waals surface area contributed by atoms with Gasteiger partial charge in [0.15, 0.2) is 0 Å². The molecule has 0 bridgehead atoms. The van der Waals surface area contributed by atoms with E-state index in [0.29, 0.717) is 17.8 Å². The average molecular weight is 478 g/mol. The Morgan fingerprint density at radius 1 is 0.771 bits per heavy atom. The van der Waals surface area contributed by atoms with Crippen molar-refractivity contribution in [2.75, 3.05) is 26.3 Å². The summed E-state index contributed by atoms with van der Waals surface area (Å²) in [6.07, 6.45) is -2.56. The molecule has 0 atom stereocenters. The lowest BCUT2D eigenvalue weighted by Gasteiger charge is -2.26. The first-order valence-corrected chi connectivity index (χ1v) is 11.6. The highest BCUT2D eigenvalue weighted by molar-refractivity contribution is 5.66. The molecule has 0 spiro atoms. The van der Waals surface area contributed by atoms with E-state index < -0.39 is 11.7 Å². The number of hydrogen-bond acceptors (Lipinski definition) is 3. The van der Waals surface area contributed by atoms with Crippen molar-refractivity contribution in [1.82, 2.24) is 14.5 Å². The largest absolute Gasteiger partial charge is 0.416 e. The lowest BCUT2D eigenvalue weighted by molar-refractivity contribution is -0.137. The van der Waals surface area contributed by atoms with Crippen LogP contribution in [0.15, 0.2) is 85.1 Å². The van der Waals surface area contributed by atoms with Crippen molar-refractivity contribution in [3.05, 3.63) is 102 Å². The number of hydrogen-bond donors (Lipinski definition) is 0. The normalized spacial score (nSPS) is 14.8. The molecule has 180 valence electrons. The quantitative estimate of drug-likeness (QED) is 0.335. The first kappa shape index (κ1) is 23.3. The zero-order valence-corrected chi connectivity index (χ0v) is 19.2. The van der Waals surface area contributed by atoms with Gasteiger partial charge in [0, 0.05) is 43.5 Å². The van der Waals surface area contributed by atoms with Gasteiger partial charge in [0.2, 0.25) is 0 Å². The molecule has 1 aliphatic heterocycles. The second-order valence-corrected chi connectivity index (χ2v) is 8.73. The number of benzene rings is 3. The molecule has 0 unspecified atom stereocenters. The Morgan fingerprint density at radius 2 is 1.49 bits per heavy atom. The van der Waals surface area contributed by atoms with Crippen LogP contribution in [0.4, 0.5) is 13.2 Å². The van der Waals surface area contributed by atoms with Crippen LogP contribution in [-0.4, -0.2) is 40.8 Å². The lowest BCUT2D eigenvalue weighted by atomic mass is 10.1. The van der Waals surface area contributed by atoms with Gasteiger partial charge in [-0.25, -0.2) is 4.98 Å². The van der Waals surface area contributed by atoms with Crippen molar-refractivity contribution in [2.24, 2.45) is 0 Å². The summed E-state index contributed by atoms with van der Waals surface area (Å²) in [4.78, 5) is 7.17. The summed E-state index contributed by atoms with van der Waals surface area (Å²) in [5, 5.41) is 0. The highest BCUT2D eigenvalue weighted by Crippen LogP contribution is 2.33. The standard InChI is InChI=1S/C28H26F3N3O/c29-28(30,31)25-11-5-9-23(17-25)26-20-34(19-21-6-2-1-3-7-21)27(32-26)24-10-4-8-22(16-24)18-33-12-14-35-15-13-33/h1-11,16-17,20H,12-15,18-19H2. The van der Waals surface area contributed by atoms with Crippen LogP contribution in [0.25, 0.3) is 22.6 Å². The van der Waals surface area contributed by atoms with Crippen LogP contribution in [0.2, 0.25) is 0 Å². The third-order valence-electron chi connectivity index (χ3n) is 6.15. The number of halogens is 3. The van der Waals surface area contributed by atoms with E-state index in [0.717, 1.165) is 61.9 Å². The summed E-state index contributed by atoms with van der Waals surface area (Å²) >= 11 is 0. The highest BCUT2D eigenvalue weighted by Gasteiger charge is 2.30. The van der Waals surface area contributed by atoms with Crippen molar-refractivity contribution in [1.29, 1.82) is 0 Å². The molecule has 4 aromatic rings. The van der Waals surface area contributed by atoms with E-state index in [1.165, 1.54) is 11.6 Å². The number of rotatable bonds is 6. The smallest absolute Gasteiger partial charge is 0.379 e. The van der Waals surface area contributed by atoms with Crippen molar-refractivity contribution >= 4 is 0 Å². The number of ether oxygens (including phenoxy) is 1. The Morgan fingerprint density at radius 3 is 2.26 bits per heavy atom. The van der Waals surface area contributed by atoms with Crippen molar-refractivity contribution < 1.29 is 17.9 Å². The zero-order valence-electron chi connectivity index (χ0n) is 19.2. The molecule has 2 heterocycles. The Labute approximate surface area is 202 Å². The number of alkyl halides is 3. The second-order valence-electron chi connectivity index (χ2n) is 8.73. The van der Waals surface area contributed by atoms with E-state index in [1.807, 2.05) is 53.2 Å². The highest BCUT2D eigenvalue weighted by atomic mass is 19.4. The van der Waals surface area contributed by atoms with Gasteiger partial charge in [-0.3, -0.25) is 4.90 Å². The average Bonchev–Trinajstić information content (AvgIpc) is 3.29. The fourth-order valence-corrected chi connectivity index (χ4v) is 4.37. The molecule has 0 saturated carbocycles. The minimum Gasteiger partial charge on any atom is -0.379 e. The number of morpholine rings is 1. The molecule has 1 saturated heterocycles. The monoisotopic (exact) mass is 477 g/mol. The van der Waals surface area contributed by atoms with Gasteiger partial charge >= 0.3 is 6.18 Å². The zero-order chi connectivity index (χ0) is 24.3. The Hall–Kier alpha value is -3.42. The van der Waals surface area contributed by atoms with Crippen LogP contribution in [0.3, 0.4) is 0 Å². The van der Waals surface area contributed by atoms with Gasteiger partial charge in [-0.2, -0.15) is 13.2 Å². The Kier molecular flexibility index (Phi) is 6.70. The molecule has 4 nitrogen and oxygen atoms in total. The first-order chi connectivity index (χ1) is 17.0. The van der Waals surface area contributed by atoms with E-state index >= 15 is 0 Å². The van der Waals surface area contributed by atoms with Gasteiger partial charge in [-0.1, -0.05) is 60.7 Å². The topological polar surface area (TPSA) is 30.3 Å². The molecule has 3 aromatic carbocycles. The number of aromatic nitrogens is 2. The maximum absolute atomic E-state index is 13.3. The Balaban J connectivity index is 1.52. The molecule has 1 fully saturated rings. The van der Waals surface area contributed by atoms with Gasteiger partial charge in [0.1, 0.15) is 5.82 Å². The summed E-state index contributed by atoms with van der Waals surface area (Å²) in [5.74, 6) is 0.727. The van der Waals surface area contributed by atoms with Gasteiger partial charge in [-0.15, -0.1) is 0 Å². The van der Waals surface area contributed by atoms with Gasteiger partial charge in [0.25, 0.3) is 0 Å². The summed E-state index contributed by atoms with van der Waals surface area (Å²) in [5.41, 5.74) is 3.47. The maximum atomic E-state index is 13.3. The van der Waals surface area contributed by atoms with Crippen molar-refractivity contribution in [3.8, 4) is 22.6 Å². The fraction of sp³-hybridized carbons (Fsp3) is 0.250. The molecule has 1 aromatic heterocycles. The molecule has 5 rings (SSSR count). The second kappa shape index (κ2) is 10.1. The SMILES string of the molecule is FC(F)(F)c1cccc(-c2cn(Cc3ccccc3)c(-c3cccc(CN4CCOCC4)c3)n2)c1. The van der Waals surface area contributed by atoms with Crippen LogP contribution in [0, 0.1) is 0 Å². The minimum atomic E-state index is -4.40. The molecule has 35 heavy (non-hydrogen) atoms. The number of imidazole rings is 1. The van der Waals surface area contributed by atoms with Crippen LogP contribution in [0.1, 0.15) is 16.7 Å². The predicted molar refractivity (Wildman–Crippen MR) is 130 cm³/mol. The van der Waals surface area contributed by atoms with E-state index in [-0.39, 0.29) is 0 Å². The third-order valence-corrected chi connectivity index (χ3v) is 6.15. The maximum Gasteiger partial charge on any atom is 0.416 e. The van der Waals surface area contributed by atoms with Crippen LogP contribution in [-0.2, 0) is 24.0 Å². The summed E-state index contributed by atoms with van der Waals surface area (Å²) < 4.78 is 47.4. The van der Waals surface area contributed by atoms with E-state index in [2.05, 4.69) is 17.0 Å². The van der Waals surface area contributed by atoms with Crippen LogP contribution >= 0.6 is 0 Å². The van der Waals surface area contributed by atoms with E-state index in [9.17, 15) is 13.2 Å². The molecule has 1 aliphatic rings. The molecule has 0 N–H and O–H groups in total. The number of nitrogens with zero attached hydrogens (tertiary/aromatic N) is 3. The molecular weight excluding hydrogens is 451 g/mol. The molecule has 0 radical (unpaired) electrons. The molecule has 7 heteroatoms. The van der Waals surface area contributed by atoms with E-state index in [4.69, 9.17) is 9.72 Å². The predicted octanol–water partition coefficient (Wildman–Crippen LogP) is 6.12. The van der Waals surface area contributed by atoms with Crippen molar-refractivity contribution in [2.45, 2.75) is 19.3 Å². The van der Waals surface area contributed by atoms with Gasteiger partial charge in [0.05, 0.1) is 24.5 Å². The minimum absolute atomic E-state index is 0.442. The van der Waals surface area contributed by atoms with Crippen LogP contribution < -0.4 is 0 Å². The van der Waals surface area contributed by atoms with Gasteiger partial charge in [-0.05, 0) is 29.3 Å². The lowest BCUT2D eigenvalue weighted by Crippen LogP contribution is -2.35. The molecule has 0 amide bonds. The molecule has 0 aliphatic carbocycles. The van der Waals surface area contributed by atoms with Crippen molar-refractivity contribution in [3.63, 3.8) is 0 Å². The van der Waals surface area contributed by atoms with E-state index in [1.54, 1.807) is 6.07 Å². The summed E-state index contributed by atoms with van der Waals surface area (Å²) in [6, 6.07) is 23.5. The summed E-state index contributed by atoms with van der Waals surface area (Å²) in [6.45, 7) is 4.65. The third kappa shape index (κ3) is 5.63. The summed E-state index contributed by atoms with van der Waals surface area (Å²) in [7, 11) is 0. The fourth-order valence-electron chi connectivity index (χ4n) is 4.37. The van der Waals surface area contributed by atoms with Gasteiger partial charge < -0.3 is 9.30 Å². The van der Waals surface area contributed by atoms with Crippen LogP contribution in [0.5, 0.6) is 0 Å². The first-order valence-electron chi connectivity index (χ1n) is 11.6. The Bertz CT molecular complexity index is 1280.